The Morgan fingerprint density at radius 3 is 2.86 bits per heavy atom. The summed E-state index contributed by atoms with van der Waals surface area (Å²) in [6, 6.07) is 5.91. The van der Waals surface area contributed by atoms with Crippen molar-refractivity contribution in [2.45, 2.75) is 32.8 Å². The van der Waals surface area contributed by atoms with Gasteiger partial charge in [0.15, 0.2) is 0 Å². The molecule has 3 unspecified atom stereocenters. The van der Waals surface area contributed by atoms with Crippen molar-refractivity contribution in [2.24, 2.45) is 11.8 Å². The summed E-state index contributed by atoms with van der Waals surface area (Å²) in [5, 5.41) is 13.2. The van der Waals surface area contributed by atoms with Crippen LogP contribution in [0.5, 0.6) is 0 Å². The van der Waals surface area contributed by atoms with Gasteiger partial charge in [0.25, 0.3) is 5.91 Å². The molecule has 1 saturated heterocycles. The maximum atomic E-state index is 12.7. The standard InChI is InChI=1S/C17H24N2O2/c1-3-18-13-5-6-14(11(2)8-13)17(21)19-9-12-4-7-16(20)15(12)10-19/h5-6,8,12,15-16,18,20H,3-4,7,9-10H2,1-2H3. The molecule has 1 saturated carbocycles. The molecule has 114 valence electrons. The quantitative estimate of drug-likeness (QED) is 0.897. The van der Waals surface area contributed by atoms with Crippen molar-refractivity contribution < 1.29 is 9.90 Å². The van der Waals surface area contributed by atoms with Crippen molar-refractivity contribution in [3.63, 3.8) is 0 Å². The predicted molar refractivity (Wildman–Crippen MR) is 83.5 cm³/mol. The molecule has 1 amide bonds. The number of fused-ring (bicyclic) bond motifs is 1. The maximum absolute atomic E-state index is 12.7. The molecule has 3 rings (SSSR count). The molecule has 2 aliphatic rings. The van der Waals surface area contributed by atoms with Crippen LogP contribution in [0.2, 0.25) is 0 Å². The lowest BCUT2D eigenvalue weighted by molar-refractivity contribution is 0.0751. The van der Waals surface area contributed by atoms with Gasteiger partial charge in [-0.05, 0) is 56.4 Å². The van der Waals surface area contributed by atoms with Crippen LogP contribution in [0.25, 0.3) is 0 Å². The SMILES string of the molecule is CCNc1ccc(C(=O)N2CC3CCC(O)C3C2)c(C)c1. The molecule has 1 aliphatic carbocycles. The molecule has 1 aliphatic heterocycles. The van der Waals surface area contributed by atoms with Gasteiger partial charge < -0.3 is 15.3 Å². The van der Waals surface area contributed by atoms with Gasteiger partial charge >= 0.3 is 0 Å². The second kappa shape index (κ2) is 5.68. The molecule has 3 atom stereocenters. The Hall–Kier alpha value is -1.55. The van der Waals surface area contributed by atoms with Crippen molar-refractivity contribution in [1.29, 1.82) is 0 Å². The van der Waals surface area contributed by atoms with Crippen molar-refractivity contribution in [3.8, 4) is 0 Å². The van der Waals surface area contributed by atoms with E-state index in [0.29, 0.717) is 12.5 Å². The highest BCUT2D eigenvalue weighted by Gasteiger charge is 2.43. The number of benzene rings is 1. The van der Waals surface area contributed by atoms with Crippen LogP contribution in [-0.4, -0.2) is 41.7 Å². The third kappa shape index (κ3) is 2.64. The summed E-state index contributed by atoms with van der Waals surface area (Å²) in [6.45, 7) is 6.43. The number of hydrogen-bond acceptors (Lipinski definition) is 3. The van der Waals surface area contributed by atoms with E-state index in [2.05, 4.69) is 12.2 Å². The molecular formula is C17H24N2O2. The van der Waals surface area contributed by atoms with E-state index >= 15 is 0 Å². The molecule has 0 radical (unpaired) electrons. The number of anilines is 1. The zero-order valence-electron chi connectivity index (χ0n) is 12.8. The second-order valence-electron chi connectivity index (χ2n) is 6.34. The summed E-state index contributed by atoms with van der Waals surface area (Å²) in [4.78, 5) is 14.6. The van der Waals surface area contributed by atoms with Gasteiger partial charge in [-0.25, -0.2) is 0 Å². The number of amides is 1. The Kier molecular flexibility index (Phi) is 3.89. The molecule has 4 heteroatoms. The third-order valence-electron chi connectivity index (χ3n) is 4.94. The van der Waals surface area contributed by atoms with Gasteiger partial charge in [-0.15, -0.1) is 0 Å². The third-order valence-corrected chi connectivity index (χ3v) is 4.94. The average molecular weight is 288 g/mol. The molecular weight excluding hydrogens is 264 g/mol. The minimum atomic E-state index is -0.218. The van der Waals surface area contributed by atoms with E-state index in [1.807, 2.05) is 30.0 Å². The van der Waals surface area contributed by atoms with Gasteiger partial charge in [-0.3, -0.25) is 4.79 Å². The zero-order chi connectivity index (χ0) is 15.0. The van der Waals surface area contributed by atoms with Gasteiger partial charge in [-0.2, -0.15) is 0 Å². The Labute approximate surface area is 126 Å². The molecule has 0 aromatic heterocycles. The maximum Gasteiger partial charge on any atom is 0.254 e. The average Bonchev–Trinajstić information content (AvgIpc) is 3.01. The Bertz CT molecular complexity index is 544. The fraction of sp³-hybridized carbons (Fsp3) is 0.588. The number of aryl methyl sites for hydroxylation is 1. The molecule has 4 nitrogen and oxygen atoms in total. The number of aliphatic hydroxyl groups is 1. The fourth-order valence-electron chi connectivity index (χ4n) is 3.79. The Morgan fingerprint density at radius 2 is 2.19 bits per heavy atom. The first-order valence-corrected chi connectivity index (χ1v) is 7.92. The fourth-order valence-corrected chi connectivity index (χ4v) is 3.79. The lowest BCUT2D eigenvalue weighted by atomic mass is 10.00. The minimum Gasteiger partial charge on any atom is -0.393 e. The Morgan fingerprint density at radius 1 is 1.38 bits per heavy atom. The predicted octanol–water partition coefficient (Wildman–Crippen LogP) is 2.27. The van der Waals surface area contributed by atoms with Crippen molar-refractivity contribution in [1.82, 2.24) is 4.90 Å². The van der Waals surface area contributed by atoms with Crippen LogP contribution >= 0.6 is 0 Å². The highest BCUT2D eigenvalue weighted by molar-refractivity contribution is 5.96. The van der Waals surface area contributed by atoms with Crippen LogP contribution in [-0.2, 0) is 0 Å². The van der Waals surface area contributed by atoms with E-state index in [0.717, 1.165) is 42.7 Å². The molecule has 1 aromatic rings. The number of nitrogens with zero attached hydrogens (tertiary/aromatic N) is 1. The number of carbonyl (C=O) groups excluding carboxylic acids is 1. The molecule has 21 heavy (non-hydrogen) atoms. The number of aliphatic hydroxyl groups excluding tert-OH is 1. The van der Waals surface area contributed by atoms with E-state index in [9.17, 15) is 9.90 Å². The van der Waals surface area contributed by atoms with Crippen LogP contribution in [0.4, 0.5) is 5.69 Å². The topological polar surface area (TPSA) is 52.6 Å². The molecule has 2 N–H and O–H groups in total. The van der Waals surface area contributed by atoms with E-state index in [-0.39, 0.29) is 17.9 Å². The van der Waals surface area contributed by atoms with Crippen molar-refractivity contribution >= 4 is 11.6 Å². The first-order valence-electron chi connectivity index (χ1n) is 7.92. The van der Waals surface area contributed by atoms with Crippen LogP contribution in [0.15, 0.2) is 18.2 Å². The summed E-state index contributed by atoms with van der Waals surface area (Å²) >= 11 is 0. The largest absolute Gasteiger partial charge is 0.393 e. The van der Waals surface area contributed by atoms with Gasteiger partial charge in [0.2, 0.25) is 0 Å². The highest BCUT2D eigenvalue weighted by atomic mass is 16.3. The molecule has 0 bridgehead atoms. The summed E-state index contributed by atoms with van der Waals surface area (Å²) < 4.78 is 0. The van der Waals surface area contributed by atoms with E-state index < -0.39 is 0 Å². The highest BCUT2D eigenvalue weighted by Crippen LogP contribution is 2.38. The van der Waals surface area contributed by atoms with Crippen LogP contribution in [0.1, 0.15) is 35.7 Å². The first kappa shape index (κ1) is 14.4. The minimum absolute atomic E-state index is 0.108. The van der Waals surface area contributed by atoms with Crippen LogP contribution in [0, 0.1) is 18.8 Å². The Balaban J connectivity index is 1.74. The van der Waals surface area contributed by atoms with Crippen molar-refractivity contribution in [2.75, 3.05) is 25.0 Å². The zero-order valence-corrected chi connectivity index (χ0v) is 12.8. The number of likely N-dealkylation sites (tertiary alicyclic amines) is 1. The van der Waals surface area contributed by atoms with Crippen LogP contribution < -0.4 is 5.32 Å². The normalized spacial score (nSPS) is 27.8. The second-order valence-corrected chi connectivity index (χ2v) is 6.34. The molecule has 0 spiro atoms. The molecule has 1 aromatic carbocycles. The number of nitrogens with one attached hydrogen (secondary N) is 1. The van der Waals surface area contributed by atoms with Crippen molar-refractivity contribution in [3.05, 3.63) is 29.3 Å². The van der Waals surface area contributed by atoms with Gasteiger partial charge in [0, 0.05) is 36.8 Å². The number of rotatable bonds is 3. The summed E-state index contributed by atoms with van der Waals surface area (Å²) in [5.41, 5.74) is 2.85. The van der Waals surface area contributed by atoms with Gasteiger partial charge in [0.05, 0.1) is 6.10 Å². The number of carbonyl (C=O) groups is 1. The molecule has 1 heterocycles. The van der Waals surface area contributed by atoms with E-state index in [1.54, 1.807) is 0 Å². The van der Waals surface area contributed by atoms with Gasteiger partial charge in [0.1, 0.15) is 0 Å². The van der Waals surface area contributed by atoms with Gasteiger partial charge in [-0.1, -0.05) is 0 Å². The number of hydrogen-bond donors (Lipinski definition) is 2. The van der Waals surface area contributed by atoms with E-state index in [1.165, 1.54) is 0 Å². The lowest BCUT2D eigenvalue weighted by Gasteiger charge is -2.20. The smallest absolute Gasteiger partial charge is 0.254 e. The summed E-state index contributed by atoms with van der Waals surface area (Å²) in [7, 11) is 0. The first-order chi connectivity index (χ1) is 10.1. The summed E-state index contributed by atoms with van der Waals surface area (Å²) in [5.74, 6) is 0.887. The van der Waals surface area contributed by atoms with Crippen LogP contribution in [0.3, 0.4) is 0 Å². The summed E-state index contributed by atoms with van der Waals surface area (Å²) in [6.07, 6.45) is 1.73. The molecule has 2 fully saturated rings. The lowest BCUT2D eigenvalue weighted by Crippen LogP contribution is -2.31. The monoisotopic (exact) mass is 288 g/mol. The van der Waals surface area contributed by atoms with E-state index in [4.69, 9.17) is 0 Å².